The average molecular weight is 563 g/mol. The number of carbonyl (C=O) groups excluding carboxylic acids is 1. The maximum absolute atomic E-state index is 11.0. The molecule has 0 heterocycles. The lowest BCUT2D eigenvalue weighted by Gasteiger charge is -2.13. The molecule has 3 aromatic carbocycles. The molecule has 0 aromatic heterocycles. The van der Waals surface area contributed by atoms with Crippen molar-refractivity contribution in [2.75, 3.05) is 19.8 Å². The first-order valence-corrected chi connectivity index (χ1v) is 14.3. The second kappa shape index (κ2) is 18.4. The second-order valence-electron chi connectivity index (χ2n) is 9.75. The summed E-state index contributed by atoms with van der Waals surface area (Å²) in [5.41, 5.74) is 2.02. The zero-order valence-electron chi connectivity index (χ0n) is 24.0. The number of esters is 1. The largest absolute Gasteiger partial charge is 0.494 e. The minimum Gasteiger partial charge on any atom is -0.494 e. The van der Waals surface area contributed by atoms with Crippen LogP contribution < -0.4 is 18.9 Å². The summed E-state index contributed by atoms with van der Waals surface area (Å²) in [6, 6.07) is 23.0. The Kier molecular flexibility index (Phi) is 14.2. The van der Waals surface area contributed by atoms with Gasteiger partial charge in [-0.25, -0.2) is 4.79 Å². The molecule has 0 aliphatic heterocycles. The van der Waals surface area contributed by atoms with E-state index >= 15 is 0 Å². The van der Waals surface area contributed by atoms with Gasteiger partial charge in [-0.1, -0.05) is 69.9 Å². The number of benzene rings is 3. The van der Waals surface area contributed by atoms with Gasteiger partial charge < -0.3 is 28.8 Å². The molecule has 0 saturated heterocycles. The third-order valence-corrected chi connectivity index (χ3v) is 6.28. The molecule has 0 spiro atoms. The number of hydrogen-bond donors (Lipinski definition) is 1. The normalized spacial score (nSPS) is 11.4. The quantitative estimate of drug-likeness (QED) is 0.0897. The lowest BCUT2D eigenvalue weighted by atomic mass is 10.1. The molecular weight excluding hydrogens is 520 g/mol. The molecule has 0 fully saturated rings. The van der Waals surface area contributed by atoms with Gasteiger partial charge in [0.1, 0.15) is 55.5 Å². The van der Waals surface area contributed by atoms with Gasteiger partial charge in [0.25, 0.3) is 0 Å². The zero-order chi connectivity index (χ0) is 29.1. The molecule has 7 nitrogen and oxygen atoms in total. The average Bonchev–Trinajstić information content (AvgIpc) is 3.01. The molecule has 1 unspecified atom stereocenters. The van der Waals surface area contributed by atoms with Crippen molar-refractivity contribution in [3.63, 3.8) is 0 Å². The van der Waals surface area contributed by atoms with Crippen LogP contribution in [0.5, 0.6) is 23.0 Å². The number of carbonyl (C=O) groups is 1. The first kappa shape index (κ1) is 31.6. The van der Waals surface area contributed by atoms with Gasteiger partial charge in [-0.2, -0.15) is 0 Å². The Labute approximate surface area is 243 Å². The second-order valence-corrected chi connectivity index (χ2v) is 9.75. The van der Waals surface area contributed by atoms with Crippen LogP contribution in [0.25, 0.3) is 0 Å². The van der Waals surface area contributed by atoms with Crippen molar-refractivity contribution in [2.45, 2.75) is 64.8 Å². The fourth-order valence-corrected chi connectivity index (χ4v) is 3.88. The van der Waals surface area contributed by atoms with E-state index in [9.17, 15) is 9.90 Å². The molecule has 0 radical (unpaired) electrons. The first-order valence-electron chi connectivity index (χ1n) is 14.3. The number of aliphatic hydroxyl groups excluding tert-OH is 1. The lowest BCUT2D eigenvalue weighted by molar-refractivity contribution is -0.141. The molecule has 0 aliphatic rings. The molecule has 0 amide bonds. The number of aliphatic hydroxyl groups is 1. The van der Waals surface area contributed by atoms with Crippen molar-refractivity contribution in [1.29, 1.82) is 0 Å². The van der Waals surface area contributed by atoms with E-state index < -0.39 is 12.1 Å². The zero-order valence-corrected chi connectivity index (χ0v) is 24.0. The summed E-state index contributed by atoms with van der Waals surface area (Å²) in [6.07, 6.45) is 7.64. The van der Waals surface area contributed by atoms with Crippen LogP contribution in [0.1, 0.15) is 56.6 Å². The third-order valence-electron chi connectivity index (χ3n) is 6.28. The van der Waals surface area contributed by atoms with Crippen LogP contribution in [0.3, 0.4) is 0 Å². The Morgan fingerprint density at radius 3 is 1.68 bits per heavy atom. The van der Waals surface area contributed by atoms with Crippen LogP contribution in [0.15, 0.2) is 85.5 Å². The highest BCUT2D eigenvalue weighted by molar-refractivity contribution is 5.81. The Bertz CT molecular complexity index is 1140. The Hall–Kier alpha value is -3.97. The van der Waals surface area contributed by atoms with E-state index in [1.165, 1.54) is 32.1 Å². The molecule has 220 valence electrons. The van der Waals surface area contributed by atoms with Crippen LogP contribution in [0, 0.1) is 0 Å². The van der Waals surface area contributed by atoms with Gasteiger partial charge >= 0.3 is 5.97 Å². The first-order chi connectivity index (χ1) is 20.1. The van der Waals surface area contributed by atoms with Crippen LogP contribution in [0.2, 0.25) is 0 Å². The van der Waals surface area contributed by atoms with Gasteiger partial charge in [0.15, 0.2) is 0 Å². The monoisotopic (exact) mass is 562 g/mol. The van der Waals surface area contributed by atoms with E-state index in [2.05, 4.69) is 13.5 Å². The van der Waals surface area contributed by atoms with E-state index in [0.717, 1.165) is 47.5 Å². The highest BCUT2D eigenvalue weighted by Gasteiger charge is 2.08. The Morgan fingerprint density at radius 1 is 0.683 bits per heavy atom. The van der Waals surface area contributed by atoms with Crippen molar-refractivity contribution in [2.24, 2.45) is 0 Å². The van der Waals surface area contributed by atoms with Crippen LogP contribution >= 0.6 is 0 Å². The smallest absolute Gasteiger partial charge is 0.330 e. The van der Waals surface area contributed by atoms with Crippen molar-refractivity contribution in [3.8, 4) is 23.0 Å². The van der Waals surface area contributed by atoms with Crippen LogP contribution in [-0.2, 0) is 22.7 Å². The summed E-state index contributed by atoms with van der Waals surface area (Å²) >= 11 is 0. The Morgan fingerprint density at radius 2 is 1.15 bits per heavy atom. The fourth-order valence-electron chi connectivity index (χ4n) is 3.88. The maximum atomic E-state index is 11.0. The van der Waals surface area contributed by atoms with Crippen LogP contribution in [-0.4, -0.2) is 37.0 Å². The summed E-state index contributed by atoms with van der Waals surface area (Å²) in [7, 11) is 0. The standard InChI is InChI=1S/C34H42O7/c1-3-5-6-7-8-9-22-37-30-18-20-33(21-19-30)39-24-27-10-14-31(15-11-27)38-23-28-12-16-32(17-13-28)40-25-29(35)26-41-34(36)4-2/h4,10-21,29,35H,2-3,5-9,22-26H2,1H3. The van der Waals surface area contributed by atoms with Gasteiger partial charge in [-0.3, -0.25) is 0 Å². The fraction of sp³-hybridized carbons (Fsp3) is 0.382. The van der Waals surface area contributed by atoms with E-state index in [4.69, 9.17) is 23.7 Å². The van der Waals surface area contributed by atoms with Gasteiger partial charge in [0.2, 0.25) is 0 Å². The topological polar surface area (TPSA) is 83.5 Å². The Balaban J connectivity index is 1.32. The number of rotatable bonds is 20. The third kappa shape index (κ3) is 12.8. The summed E-state index contributed by atoms with van der Waals surface area (Å²) in [5.74, 6) is 2.45. The molecule has 41 heavy (non-hydrogen) atoms. The van der Waals surface area contributed by atoms with Gasteiger partial charge in [0, 0.05) is 6.08 Å². The maximum Gasteiger partial charge on any atom is 0.330 e. The lowest BCUT2D eigenvalue weighted by Crippen LogP contribution is -2.24. The van der Waals surface area contributed by atoms with E-state index in [1.54, 1.807) is 12.1 Å². The van der Waals surface area contributed by atoms with Crippen molar-refractivity contribution in [3.05, 3.63) is 96.6 Å². The number of hydrogen-bond acceptors (Lipinski definition) is 7. The molecule has 0 saturated carbocycles. The minimum atomic E-state index is -0.921. The molecule has 0 aliphatic carbocycles. The molecular formula is C34H42O7. The SMILES string of the molecule is C=CC(=O)OCC(O)COc1ccc(COc2ccc(COc3ccc(OCCCCCCCC)cc3)cc2)cc1. The molecule has 3 aromatic rings. The predicted octanol–water partition coefficient (Wildman–Crippen LogP) is 7.05. The van der Waals surface area contributed by atoms with E-state index in [-0.39, 0.29) is 13.2 Å². The van der Waals surface area contributed by atoms with E-state index in [0.29, 0.717) is 19.0 Å². The molecule has 1 atom stereocenters. The number of ether oxygens (including phenoxy) is 5. The summed E-state index contributed by atoms with van der Waals surface area (Å²) in [4.78, 5) is 11.0. The van der Waals surface area contributed by atoms with Gasteiger partial charge in [0.05, 0.1) is 6.61 Å². The van der Waals surface area contributed by atoms with Crippen LogP contribution in [0.4, 0.5) is 0 Å². The molecule has 1 N–H and O–H groups in total. The predicted molar refractivity (Wildman–Crippen MR) is 160 cm³/mol. The summed E-state index contributed by atoms with van der Waals surface area (Å²) < 4.78 is 28.0. The summed E-state index contributed by atoms with van der Waals surface area (Å²) in [6.45, 7) is 7.02. The highest BCUT2D eigenvalue weighted by atomic mass is 16.5. The van der Waals surface area contributed by atoms with Crippen molar-refractivity contribution >= 4 is 5.97 Å². The highest BCUT2D eigenvalue weighted by Crippen LogP contribution is 2.21. The molecule has 7 heteroatoms. The molecule has 0 bridgehead atoms. The van der Waals surface area contributed by atoms with Gasteiger partial charge in [-0.15, -0.1) is 0 Å². The number of unbranched alkanes of at least 4 members (excludes halogenated alkanes) is 5. The van der Waals surface area contributed by atoms with Crippen molar-refractivity contribution < 1.29 is 33.6 Å². The molecule has 3 rings (SSSR count). The van der Waals surface area contributed by atoms with E-state index in [1.807, 2.05) is 60.7 Å². The van der Waals surface area contributed by atoms with Crippen molar-refractivity contribution in [1.82, 2.24) is 0 Å². The van der Waals surface area contributed by atoms with Gasteiger partial charge in [-0.05, 0) is 66.1 Å². The minimum absolute atomic E-state index is 0.00929. The summed E-state index contributed by atoms with van der Waals surface area (Å²) in [5, 5.41) is 9.83.